The lowest BCUT2D eigenvalue weighted by Crippen LogP contribution is -2.40. The maximum Gasteiger partial charge on any atom is 0.335 e. The molecule has 2 unspecified atom stereocenters. The van der Waals surface area contributed by atoms with Gasteiger partial charge in [-0.25, -0.2) is 4.79 Å². The van der Waals surface area contributed by atoms with Gasteiger partial charge in [-0.05, 0) is 86.2 Å². The van der Waals surface area contributed by atoms with Crippen molar-refractivity contribution in [3.05, 3.63) is 95.6 Å². The smallest absolute Gasteiger partial charge is 0.335 e. The molecule has 0 bridgehead atoms. The number of aromatic carboxylic acids is 1. The van der Waals surface area contributed by atoms with E-state index >= 15 is 0 Å². The van der Waals surface area contributed by atoms with Gasteiger partial charge in [-0.1, -0.05) is 42.8 Å². The molecule has 1 aliphatic rings. The monoisotopic (exact) mass is 587 g/mol. The van der Waals surface area contributed by atoms with Crippen LogP contribution in [0.3, 0.4) is 0 Å². The van der Waals surface area contributed by atoms with Crippen LogP contribution in [-0.4, -0.2) is 53.9 Å². The van der Waals surface area contributed by atoms with Crippen LogP contribution in [0, 0.1) is 5.92 Å². The van der Waals surface area contributed by atoms with Gasteiger partial charge in [0.05, 0.1) is 30.3 Å². The summed E-state index contributed by atoms with van der Waals surface area (Å²) in [5.74, 6) is -1.13. The number of ether oxygens (including phenoxy) is 3. The molecule has 0 spiro atoms. The van der Waals surface area contributed by atoms with E-state index in [1.165, 1.54) is 18.2 Å². The van der Waals surface area contributed by atoms with E-state index in [1.807, 2.05) is 60.7 Å². The Morgan fingerprint density at radius 1 is 0.837 bits per heavy atom. The van der Waals surface area contributed by atoms with Crippen molar-refractivity contribution < 1.29 is 38.8 Å². The lowest BCUT2D eigenvalue weighted by molar-refractivity contribution is -0.143. The molecule has 0 radical (unpaired) electrons. The van der Waals surface area contributed by atoms with Crippen molar-refractivity contribution in [2.75, 3.05) is 19.8 Å². The van der Waals surface area contributed by atoms with Crippen molar-refractivity contribution in [1.29, 1.82) is 0 Å². The van der Waals surface area contributed by atoms with Gasteiger partial charge in [-0.2, -0.15) is 0 Å². The van der Waals surface area contributed by atoms with E-state index in [1.54, 1.807) is 6.08 Å². The van der Waals surface area contributed by atoms with Crippen molar-refractivity contribution in [3.63, 3.8) is 0 Å². The van der Waals surface area contributed by atoms with E-state index < -0.39 is 23.8 Å². The van der Waals surface area contributed by atoms with Crippen LogP contribution in [0.5, 0.6) is 17.2 Å². The molecule has 9 heteroatoms. The van der Waals surface area contributed by atoms with Gasteiger partial charge in [0.2, 0.25) is 0 Å². The number of unbranched alkanes of at least 4 members (excludes halogenated alkanes) is 1. The summed E-state index contributed by atoms with van der Waals surface area (Å²) in [4.78, 5) is 36.0. The van der Waals surface area contributed by atoms with Gasteiger partial charge in [0, 0.05) is 6.04 Å². The van der Waals surface area contributed by atoms with Gasteiger partial charge in [0.25, 0.3) is 5.91 Å². The van der Waals surface area contributed by atoms with Crippen LogP contribution in [0.1, 0.15) is 64.8 Å². The van der Waals surface area contributed by atoms with Gasteiger partial charge in [0.1, 0.15) is 23.9 Å². The summed E-state index contributed by atoms with van der Waals surface area (Å²) >= 11 is 0. The second kappa shape index (κ2) is 16.0. The topological polar surface area (TPSA) is 131 Å². The first kappa shape index (κ1) is 31.2. The summed E-state index contributed by atoms with van der Waals surface area (Å²) in [6.07, 6.45) is 7.73. The Hall–Kier alpha value is -4.79. The first-order chi connectivity index (χ1) is 20.9. The number of hydrogen-bond donors (Lipinski definition) is 3. The minimum absolute atomic E-state index is 0.0390. The second-order valence-electron chi connectivity index (χ2n) is 10.4. The fourth-order valence-electron chi connectivity index (χ4n) is 4.87. The zero-order valence-corrected chi connectivity index (χ0v) is 23.9. The molecule has 0 saturated heterocycles. The minimum atomic E-state index is -1.16. The largest absolute Gasteiger partial charge is 0.494 e. The highest BCUT2D eigenvalue weighted by molar-refractivity contribution is 6.00. The van der Waals surface area contributed by atoms with Crippen LogP contribution in [0.15, 0.2) is 78.9 Å². The SMILES string of the molecule is O=C(O)c1ccc(OC/C=C/c2ccc(OCCCCOc3ccccc3)cc2)c(C(=O)NC2CCCC(C(=O)O)C2)c1. The summed E-state index contributed by atoms with van der Waals surface area (Å²) in [7, 11) is 0. The number of hydrogen-bond acceptors (Lipinski definition) is 6. The van der Waals surface area contributed by atoms with Gasteiger partial charge < -0.3 is 29.7 Å². The molecule has 3 N–H and O–H groups in total. The van der Waals surface area contributed by atoms with Crippen molar-refractivity contribution in [1.82, 2.24) is 5.32 Å². The van der Waals surface area contributed by atoms with E-state index in [-0.39, 0.29) is 29.5 Å². The summed E-state index contributed by atoms with van der Waals surface area (Å²) in [6.45, 7) is 1.39. The van der Waals surface area contributed by atoms with Gasteiger partial charge in [-0.15, -0.1) is 0 Å². The van der Waals surface area contributed by atoms with E-state index in [0.717, 1.165) is 29.9 Å². The van der Waals surface area contributed by atoms with Crippen LogP contribution in [0.25, 0.3) is 6.08 Å². The van der Waals surface area contributed by atoms with Gasteiger partial charge >= 0.3 is 11.9 Å². The molecule has 9 nitrogen and oxygen atoms in total. The van der Waals surface area contributed by atoms with Crippen molar-refractivity contribution >= 4 is 23.9 Å². The first-order valence-corrected chi connectivity index (χ1v) is 14.5. The van der Waals surface area contributed by atoms with Crippen LogP contribution in [0.2, 0.25) is 0 Å². The Kier molecular flexibility index (Phi) is 11.6. The third kappa shape index (κ3) is 9.92. The normalized spacial score (nSPS) is 16.4. The number of carbonyl (C=O) groups is 3. The average molecular weight is 588 g/mol. The number of rotatable bonds is 15. The van der Waals surface area contributed by atoms with E-state index in [2.05, 4.69) is 5.32 Å². The van der Waals surface area contributed by atoms with Crippen molar-refractivity contribution in [3.8, 4) is 17.2 Å². The predicted molar refractivity (Wildman–Crippen MR) is 162 cm³/mol. The molecule has 226 valence electrons. The highest BCUT2D eigenvalue weighted by atomic mass is 16.5. The Morgan fingerprint density at radius 2 is 1.53 bits per heavy atom. The number of carboxylic acids is 2. The molecule has 0 heterocycles. The zero-order chi connectivity index (χ0) is 30.4. The summed E-state index contributed by atoms with van der Waals surface area (Å²) in [5, 5.41) is 21.6. The molecule has 2 atom stereocenters. The molecule has 43 heavy (non-hydrogen) atoms. The standard InChI is InChI=1S/C34H37NO8/c36-32(35-27-10-6-9-25(22-27)33(37)38)30-23-26(34(39)40)15-18-31(30)43-21-7-8-24-13-16-29(17-14-24)42-20-5-4-19-41-28-11-2-1-3-12-28/h1-3,7-8,11-18,23,25,27H,4-6,9-10,19-22H2,(H,35,36)(H,37,38)(H,39,40)/b8-7+. The van der Waals surface area contributed by atoms with E-state index in [4.69, 9.17) is 14.2 Å². The maximum atomic E-state index is 13.1. The Morgan fingerprint density at radius 3 is 2.21 bits per heavy atom. The fraction of sp³-hybridized carbons (Fsp3) is 0.324. The highest BCUT2D eigenvalue weighted by Gasteiger charge is 2.28. The molecule has 0 aliphatic heterocycles. The number of aliphatic carboxylic acids is 1. The van der Waals surface area contributed by atoms with E-state index in [0.29, 0.717) is 38.9 Å². The zero-order valence-electron chi connectivity index (χ0n) is 23.9. The molecular formula is C34H37NO8. The summed E-state index contributed by atoms with van der Waals surface area (Å²) in [5.41, 5.74) is 0.999. The lowest BCUT2D eigenvalue weighted by Gasteiger charge is -2.27. The molecule has 1 aliphatic carbocycles. The quantitative estimate of drug-likeness (QED) is 0.182. The van der Waals surface area contributed by atoms with Crippen LogP contribution in [0.4, 0.5) is 0 Å². The van der Waals surface area contributed by atoms with Gasteiger partial charge in [0.15, 0.2) is 0 Å². The fourth-order valence-corrected chi connectivity index (χ4v) is 4.87. The number of benzene rings is 3. The molecule has 1 fully saturated rings. The third-order valence-electron chi connectivity index (χ3n) is 7.17. The second-order valence-corrected chi connectivity index (χ2v) is 10.4. The lowest BCUT2D eigenvalue weighted by atomic mass is 9.85. The molecule has 3 aromatic rings. The highest BCUT2D eigenvalue weighted by Crippen LogP contribution is 2.26. The Labute approximate surface area is 251 Å². The summed E-state index contributed by atoms with van der Waals surface area (Å²) in [6, 6.07) is 21.2. The first-order valence-electron chi connectivity index (χ1n) is 14.5. The maximum absolute atomic E-state index is 13.1. The number of nitrogens with one attached hydrogen (secondary N) is 1. The van der Waals surface area contributed by atoms with Crippen LogP contribution < -0.4 is 19.5 Å². The number of amides is 1. The third-order valence-corrected chi connectivity index (χ3v) is 7.17. The summed E-state index contributed by atoms with van der Waals surface area (Å²) < 4.78 is 17.3. The van der Waals surface area contributed by atoms with Crippen molar-refractivity contribution in [2.24, 2.45) is 5.92 Å². The minimum Gasteiger partial charge on any atom is -0.494 e. The Balaban J connectivity index is 1.24. The van der Waals surface area contributed by atoms with E-state index in [9.17, 15) is 24.6 Å². The van der Waals surface area contributed by atoms with Crippen molar-refractivity contribution in [2.45, 2.75) is 44.6 Å². The molecule has 0 aromatic heterocycles. The molecular weight excluding hydrogens is 550 g/mol. The molecule has 1 amide bonds. The predicted octanol–water partition coefficient (Wildman–Crippen LogP) is 6.09. The van der Waals surface area contributed by atoms with Crippen LogP contribution in [-0.2, 0) is 4.79 Å². The number of carbonyl (C=O) groups excluding carboxylic acids is 1. The number of carboxylic acid groups (broad SMARTS) is 2. The van der Waals surface area contributed by atoms with Crippen LogP contribution >= 0.6 is 0 Å². The molecule has 4 rings (SSSR count). The molecule has 3 aromatic carbocycles. The Bertz CT molecular complexity index is 1390. The number of para-hydroxylation sites is 1. The molecule has 1 saturated carbocycles. The van der Waals surface area contributed by atoms with Gasteiger partial charge in [-0.3, -0.25) is 9.59 Å². The average Bonchev–Trinajstić information content (AvgIpc) is 3.02.